The van der Waals surface area contributed by atoms with Crippen LogP contribution >= 0.6 is 0 Å². The quantitative estimate of drug-likeness (QED) is 0.482. The molecule has 0 spiro atoms. The summed E-state index contributed by atoms with van der Waals surface area (Å²) in [6.07, 6.45) is 4.43. The predicted octanol–water partition coefficient (Wildman–Crippen LogP) is 1.11. The Kier molecular flexibility index (Phi) is 8.88. The van der Waals surface area contributed by atoms with Gasteiger partial charge in [-0.2, -0.15) is 5.26 Å². The van der Waals surface area contributed by atoms with Gasteiger partial charge >= 0.3 is 5.97 Å². The Morgan fingerprint density at radius 3 is 2.47 bits per heavy atom. The molecule has 0 aliphatic carbocycles. The molecule has 0 fully saturated rings. The van der Waals surface area contributed by atoms with E-state index in [-0.39, 0.29) is 5.57 Å². The number of hydrogen-bond acceptors (Lipinski definition) is 4. The Hall–Kier alpha value is -2.03. The Balaban J connectivity index is 4.67. The van der Waals surface area contributed by atoms with Crippen LogP contribution in [0.1, 0.15) is 33.1 Å². The summed E-state index contributed by atoms with van der Waals surface area (Å²) in [5.74, 6) is -1.79. The third-order valence-corrected chi connectivity index (χ3v) is 2.39. The maximum Gasteiger partial charge on any atom is 0.322 e. The first-order chi connectivity index (χ1) is 9.04. The van der Waals surface area contributed by atoms with E-state index in [0.717, 1.165) is 32.4 Å². The van der Waals surface area contributed by atoms with Crippen LogP contribution in [0.25, 0.3) is 0 Å². The molecule has 0 aromatic carbocycles. The van der Waals surface area contributed by atoms with Crippen LogP contribution in [0.15, 0.2) is 11.8 Å². The van der Waals surface area contributed by atoms with Gasteiger partial charge in [0, 0.05) is 19.3 Å². The summed E-state index contributed by atoms with van der Waals surface area (Å²) in [7, 11) is 0. The lowest BCUT2D eigenvalue weighted by atomic mass is 10.2. The van der Waals surface area contributed by atoms with E-state index in [2.05, 4.69) is 12.2 Å². The molecule has 0 aliphatic heterocycles. The van der Waals surface area contributed by atoms with E-state index >= 15 is 0 Å². The number of unbranched alkanes of at least 4 members (excludes halogenated alkanes) is 1. The SMILES string of the molecule is CCCCN(/C=C(/C#N)C(=O)NCC(=O)O)CCC. The van der Waals surface area contributed by atoms with Crippen LogP contribution in [-0.4, -0.2) is 41.5 Å². The zero-order chi connectivity index (χ0) is 14.7. The van der Waals surface area contributed by atoms with E-state index in [4.69, 9.17) is 10.4 Å². The Morgan fingerprint density at radius 2 is 2.00 bits per heavy atom. The Morgan fingerprint density at radius 1 is 1.32 bits per heavy atom. The minimum absolute atomic E-state index is 0.0641. The number of amides is 1. The molecule has 6 nitrogen and oxygen atoms in total. The summed E-state index contributed by atoms with van der Waals surface area (Å²) < 4.78 is 0. The van der Waals surface area contributed by atoms with Crippen molar-refractivity contribution in [3.63, 3.8) is 0 Å². The van der Waals surface area contributed by atoms with Crippen LogP contribution in [-0.2, 0) is 9.59 Å². The van der Waals surface area contributed by atoms with E-state index < -0.39 is 18.4 Å². The van der Waals surface area contributed by atoms with Crippen molar-refractivity contribution in [1.82, 2.24) is 10.2 Å². The van der Waals surface area contributed by atoms with Crippen molar-refractivity contribution in [2.45, 2.75) is 33.1 Å². The largest absolute Gasteiger partial charge is 0.480 e. The molecule has 0 aromatic rings. The lowest BCUT2D eigenvalue weighted by Gasteiger charge is -2.19. The van der Waals surface area contributed by atoms with Gasteiger partial charge in [0.15, 0.2) is 0 Å². The van der Waals surface area contributed by atoms with E-state index in [9.17, 15) is 9.59 Å². The van der Waals surface area contributed by atoms with Crippen LogP contribution in [0.4, 0.5) is 0 Å². The Bertz CT molecular complexity index is 372. The van der Waals surface area contributed by atoms with Crippen molar-refractivity contribution in [1.29, 1.82) is 5.26 Å². The number of carboxylic acid groups (broad SMARTS) is 1. The van der Waals surface area contributed by atoms with Crippen molar-refractivity contribution >= 4 is 11.9 Å². The molecule has 0 atom stereocenters. The standard InChI is InChI=1S/C13H21N3O3/c1-3-5-7-16(6-4-2)10-11(8-14)13(19)15-9-12(17)18/h10H,3-7,9H2,1-2H3,(H,15,19)(H,17,18)/b11-10-. The molecule has 0 rings (SSSR count). The van der Waals surface area contributed by atoms with Crippen LogP contribution in [0.3, 0.4) is 0 Å². The first-order valence-electron chi connectivity index (χ1n) is 6.41. The number of rotatable bonds is 9. The number of hydrogen-bond donors (Lipinski definition) is 2. The fourth-order valence-corrected chi connectivity index (χ4v) is 1.46. The van der Waals surface area contributed by atoms with Gasteiger partial charge in [-0.15, -0.1) is 0 Å². The predicted molar refractivity (Wildman–Crippen MR) is 71.1 cm³/mol. The number of carboxylic acids is 1. The highest BCUT2D eigenvalue weighted by Crippen LogP contribution is 2.02. The molecule has 0 radical (unpaired) electrons. The molecule has 1 amide bonds. The molecule has 106 valence electrons. The fourth-order valence-electron chi connectivity index (χ4n) is 1.46. The van der Waals surface area contributed by atoms with E-state index in [1.54, 1.807) is 6.07 Å². The van der Waals surface area contributed by atoms with E-state index in [1.807, 2.05) is 11.8 Å². The molecular weight excluding hydrogens is 246 g/mol. The second-order valence-corrected chi connectivity index (χ2v) is 4.12. The van der Waals surface area contributed by atoms with Crippen molar-refractivity contribution in [2.24, 2.45) is 0 Å². The summed E-state index contributed by atoms with van der Waals surface area (Å²) in [5, 5.41) is 19.6. The molecular formula is C13H21N3O3. The smallest absolute Gasteiger partial charge is 0.322 e. The fraction of sp³-hybridized carbons (Fsp3) is 0.615. The zero-order valence-electron chi connectivity index (χ0n) is 11.5. The van der Waals surface area contributed by atoms with Gasteiger partial charge in [-0.3, -0.25) is 9.59 Å². The molecule has 0 heterocycles. The molecule has 0 bridgehead atoms. The average molecular weight is 267 g/mol. The van der Waals surface area contributed by atoms with Crippen molar-refractivity contribution < 1.29 is 14.7 Å². The van der Waals surface area contributed by atoms with E-state index in [0.29, 0.717) is 0 Å². The second kappa shape index (κ2) is 9.95. The monoisotopic (exact) mass is 267 g/mol. The molecule has 2 N–H and O–H groups in total. The normalized spacial score (nSPS) is 10.7. The number of nitrogens with zero attached hydrogens (tertiary/aromatic N) is 2. The summed E-state index contributed by atoms with van der Waals surface area (Å²) >= 11 is 0. The summed E-state index contributed by atoms with van der Waals surface area (Å²) in [5.41, 5.74) is -0.0641. The van der Waals surface area contributed by atoms with Gasteiger partial charge in [0.2, 0.25) is 0 Å². The van der Waals surface area contributed by atoms with Crippen molar-refractivity contribution in [2.75, 3.05) is 19.6 Å². The average Bonchev–Trinajstić information content (AvgIpc) is 2.39. The van der Waals surface area contributed by atoms with Gasteiger partial charge in [0.25, 0.3) is 5.91 Å². The van der Waals surface area contributed by atoms with Gasteiger partial charge in [0.05, 0.1) is 0 Å². The maximum absolute atomic E-state index is 11.6. The van der Waals surface area contributed by atoms with Crippen LogP contribution in [0.5, 0.6) is 0 Å². The number of nitriles is 1. The van der Waals surface area contributed by atoms with Crippen LogP contribution < -0.4 is 5.32 Å². The van der Waals surface area contributed by atoms with Gasteiger partial charge in [-0.05, 0) is 12.8 Å². The molecule has 0 saturated heterocycles. The maximum atomic E-state index is 11.6. The van der Waals surface area contributed by atoms with E-state index in [1.165, 1.54) is 6.20 Å². The molecule has 0 aliphatic rings. The van der Waals surface area contributed by atoms with Crippen molar-refractivity contribution in [3.8, 4) is 6.07 Å². The molecule has 0 unspecified atom stereocenters. The lowest BCUT2D eigenvalue weighted by molar-refractivity contribution is -0.137. The highest BCUT2D eigenvalue weighted by molar-refractivity contribution is 5.98. The number of carbonyl (C=O) groups is 2. The number of nitrogens with one attached hydrogen (secondary N) is 1. The molecule has 0 saturated carbocycles. The highest BCUT2D eigenvalue weighted by Gasteiger charge is 2.11. The topological polar surface area (TPSA) is 93.4 Å². The van der Waals surface area contributed by atoms with Crippen LogP contribution in [0.2, 0.25) is 0 Å². The molecule has 19 heavy (non-hydrogen) atoms. The first kappa shape index (κ1) is 17.0. The lowest BCUT2D eigenvalue weighted by Crippen LogP contribution is -2.31. The summed E-state index contributed by atoms with van der Waals surface area (Å²) in [6, 6.07) is 1.81. The minimum Gasteiger partial charge on any atom is -0.480 e. The third-order valence-electron chi connectivity index (χ3n) is 2.39. The molecule has 0 aromatic heterocycles. The van der Waals surface area contributed by atoms with Gasteiger partial charge < -0.3 is 15.3 Å². The van der Waals surface area contributed by atoms with Crippen molar-refractivity contribution in [3.05, 3.63) is 11.8 Å². The minimum atomic E-state index is -1.14. The summed E-state index contributed by atoms with van der Waals surface area (Å²) in [4.78, 5) is 23.9. The summed E-state index contributed by atoms with van der Waals surface area (Å²) in [6.45, 7) is 5.14. The zero-order valence-corrected chi connectivity index (χ0v) is 11.5. The second-order valence-electron chi connectivity index (χ2n) is 4.12. The highest BCUT2D eigenvalue weighted by atomic mass is 16.4. The third kappa shape index (κ3) is 7.82. The van der Waals surface area contributed by atoms with Gasteiger partial charge in [0.1, 0.15) is 18.2 Å². The van der Waals surface area contributed by atoms with Gasteiger partial charge in [-0.25, -0.2) is 0 Å². The first-order valence-corrected chi connectivity index (χ1v) is 6.41. The Labute approximate surface area is 113 Å². The van der Waals surface area contributed by atoms with Gasteiger partial charge in [-0.1, -0.05) is 20.3 Å². The number of aliphatic carboxylic acids is 1. The van der Waals surface area contributed by atoms with Crippen LogP contribution in [0, 0.1) is 11.3 Å². The molecule has 6 heteroatoms. The number of carbonyl (C=O) groups excluding carboxylic acids is 1.